The number of nitrogens with zero attached hydrogens (tertiary/aromatic N) is 3. The molecule has 1 aromatic heterocycles. The summed E-state index contributed by atoms with van der Waals surface area (Å²) in [6.45, 7) is 0.763. The molecule has 0 atom stereocenters. The second kappa shape index (κ2) is 8.14. The highest BCUT2D eigenvalue weighted by atomic mass is 19.1. The van der Waals surface area contributed by atoms with Gasteiger partial charge in [-0.25, -0.2) is 8.78 Å². The fraction of sp³-hybridized carbons (Fsp3) is 0.167. The van der Waals surface area contributed by atoms with Gasteiger partial charge in [-0.15, -0.1) is 5.10 Å². The Balaban J connectivity index is 1.54. The van der Waals surface area contributed by atoms with Gasteiger partial charge in [-0.3, -0.25) is 0 Å². The van der Waals surface area contributed by atoms with Crippen LogP contribution in [-0.2, 0) is 13.0 Å². The van der Waals surface area contributed by atoms with Gasteiger partial charge in [0.1, 0.15) is 11.6 Å². The molecule has 7 heteroatoms. The van der Waals surface area contributed by atoms with E-state index in [0.29, 0.717) is 35.9 Å². The van der Waals surface area contributed by atoms with Crippen molar-refractivity contribution >= 4 is 11.8 Å². The zero-order valence-electron chi connectivity index (χ0n) is 13.4. The minimum Gasteiger partial charge on any atom is -0.368 e. The van der Waals surface area contributed by atoms with Crippen LogP contribution >= 0.6 is 0 Å². The summed E-state index contributed by atoms with van der Waals surface area (Å²) in [5.41, 5.74) is 1.15. The lowest BCUT2D eigenvalue weighted by Crippen LogP contribution is -2.11. The van der Waals surface area contributed by atoms with E-state index in [2.05, 4.69) is 25.8 Å². The van der Waals surface area contributed by atoms with Gasteiger partial charge in [0.2, 0.25) is 5.95 Å². The van der Waals surface area contributed by atoms with Crippen LogP contribution in [0.1, 0.15) is 11.1 Å². The van der Waals surface area contributed by atoms with Gasteiger partial charge >= 0.3 is 0 Å². The van der Waals surface area contributed by atoms with Gasteiger partial charge in [0.15, 0.2) is 5.82 Å². The van der Waals surface area contributed by atoms with Gasteiger partial charge in [0.05, 0.1) is 6.20 Å². The zero-order valence-corrected chi connectivity index (χ0v) is 13.4. The fourth-order valence-electron chi connectivity index (χ4n) is 2.31. The van der Waals surface area contributed by atoms with Gasteiger partial charge in [0.25, 0.3) is 0 Å². The first-order chi connectivity index (χ1) is 12.2. The Bertz CT molecular complexity index is 841. The lowest BCUT2D eigenvalue weighted by atomic mass is 10.1. The van der Waals surface area contributed by atoms with Crippen LogP contribution in [0, 0.1) is 11.6 Å². The number of halogens is 2. The summed E-state index contributed by atoms with van der Waals surface area (Å²) in [7, 11) is 0. The number of benzene rings is 2. The molecule has 0 aliphatic carbocycles. The summed E-state index contributed by atoms with van der Waals surface area (Å²) in [5, 5.41) is 13.7. The first-order valence-electron chi connectivity index (χ1n) is 7.86. The predicted molar refractivity (Wildman–Crippen MR) is 92.1 cm³/mol. The molecule has 0 bridgehead atoms. The van der Waals surface area contributed by atoms with Crippen molar-refractivity contribution < 1.29 is 8.78 Å². The van der Waals surface area contributed by atoms with Crippen LogP contribution in [0.15, 0.2) is 54.7 Å². The highest BCUT2D eigenvalue weighted by Crippen LogP contribution is 2.10. The van der Waals surface area contributed by atoms with E-state index >= 15 is 0 Å². The number of hydrogen-bond acceptors (Lipinski definition) is 5. The number of nitrogens with one attached hydrogen (secondary N) is 2. The largest absolute Gasteiger partial charge is 0.368 e. The minimum atomic E-state index is -0.290. The third kappa shape index (κ3) is 4.69. The second-order valence-electron chi connectivity index (χ2n) is 5.38. The van der Waals surface area contributed by atoms with Crippen molar-refractivity contribution in [3.8, 4) is 0 Å². The highest BCUT2D eigenvalue weighted by Gasteiger charge is 2.04. The lowest BCUT2D eigenvalue weighted by Gasteiger charge is -2.08. The Morgan fingerprint density at radius 3 is 2.24 bits per heavy atom. The number of hydrogen-bond donors (Lipinski definition) is 2. The Labute approximate surface area is 144 Å². The maximum atomic E-state index is 13.6. The molecule has 0 fully saturated rings. The third-order valence-electron chi connectivity index (χ3n) is 3.61. The standard InChI is InChI=1S/C18H17F2N5/c19-15-7-3-1-5-13(15)9-10-21-17-12-23-25-18(24-17)22-11-14-6-2-4-8-16(14)20/h1-8,12H,9-11H2,(H2,21,22,24,25). The zero-order chi connectivity index (χ0) is 17.5. The molecule has 5 nitrogen and oxygen atoms in total. The van der Waals surface area contributed by atoms with Gasteiger partial charge in [0, 0.05) is 18.7 Å². The lowest BCUT2D eigenvalue weighted by molar-refractivity contribution is 0.610. The maximum absolute atomic E-state index is 13.6. The van der Waals surface area contributed by atoms with Crippen molar-refractivity contribution in [3.05, 3.63) is 77.5 Å². The summed E-state index contributed by atoms with van der Waals surface area (Å²) in [6, 6.07) is 13.1. The topological polar surface area (TPSA) is 62.7 Å². The fourth-order valence-corrected chi connectivity index (χ4v) is 2.31. The molecule has 0 amide bonds. The van der Waals surface area contributed by atoms with Crippen LogP contribution in [0.4, 0.5) is 20.5 Å². The normalized spacial score (nSPS) is 10.5. The number of anilines is 2. The molecule has 1 heterocycles. The molecular weight excluding hydrogens is 324 g/mol. The molecule has 3 rings (SSSR count). The molecule has 0 spiro atoms. The molecule has 3 aromatic rings. The molecule has 0 aliphatic heterocycles. The molecule has 128 valence electrons. The molecule has 0 radical (unpaired) electrons. The molecule has 0 unspecified atom stereocenters. The summed E-state index contributed by atoms with van der Waals surface area (Å²) in [4.78, 5) is 4.26. The van der Waals surface area contributed by atoms with Crippen molar-refractivity contribution in [2.24, 2.45) is 0 Å². The smallest absolute Gasteiger partial charge is 0.244 e. The van der Waals surface area contributed by atoms with E-state index in [9.17, 15) is 8.78 Å². The molecular formula is C18H17F2N5. The van der Waals surface area contributed by atoms with Crippen LogP contribution in [0.5, 0.6) is 0 Å². The molecule has 2 aromatic carbocycles. The van der Waals surface area contributed by atoms with E-state index in [0.717, 1.165) is 0 Å². The van der Waals surface area contributed by atoms with Crippen LogP contribution in [0.25, 0.3) is 0 Å². The monoisotopic (exact) mass is 341 g/mol. The molecule has 25 heavy (non-hydrogen) atoms. The summed E-state index contributed by atoms with van der Waals surface area (Å²) >= 11 is 0. The minimum absolute atomic E-state index is 0.225. The molecule has 2 N–H and O–H groups in total. The van der Waals surface area contributed by atoms with E-state index in [1.165, 1.54) is 18.3 Å². The van der Waals surface area contributed by atoms with Crippen LogP contribution in [0.3, 0.4) is 0 Å². The maximum Gasteiger partial charge on any atom is 0.244 e. The first-order valence-corrected chi connectivity index (χ1v) is 7.86. The van der Waals surface area contributed by atoms with Crippen LogP contribution in [0.2, 0.25) is 0 Å². The molecule has 0 aliphatic rings. The SMILES string of the molecule is Fc1ccccc1CCNc1cnnc(NCc2ccccc2F)n1. The van der Waals surface area contributed by atoms with Crippen molar-refractivity contribution in [1.29, 1.82) is 0 Å². The Morgan fingerprint density at radius 2 is 1.52 bits per heavy atom. The summed E-state index contributed by atoms with van der Waals surface area (Å²) in [6.07, 6.45) is 2.00. The molecule has 0 saturated heterocycles. The summed E-state index contributed by atoms with van der Waals surface area (Å²) in [5.74, 6) is 0.293. The molecule has 0 saturated carbocycles. The average molecular weight is 341 g/mol. The first kappa shape index (κ1) is 16.8. The van der Waals surface area contributed by atoms with Gasteiger partial charge in [-0.2, -0.15) is 10.1 Å². The van der Waals surface area contributed by atoms with Crippen molar-refractivity contribution in [2.45, 2.75) is 13.0 Å². The predicted octanol–water partition coefficient (Wildman–Crippen LogP) is 3.42. The van der Waals surface area contributed by atoms with E-state index in [-0.39, 0.29) is 18.2 Å². The highest BCUT2D eigenvalue weighted by molar-refractivity contribution is 5.38. The third-order valence-corrected chi connectivity index (χ3v) is 3.61. The van der Waals surface area contributed by atoms with Crippen molar-refractivity contribution in [3.63, 3.8) is 0 Å². The number of aromatic nitrogens is 3. The van der Waals surface area contributed by atoms with Crippen molar-refractivity contribution in [1.82, 2.24) is 15.2 Å². The van der Waals surface area contributed by atoms with E-state index in [1.807, 2.05) is 0 Å². The van der Waals surface area contributed by atoms with E-state index < -0.39 is 0 Å². The Kier molecular flexibility index (Phi) is 5.46. The quantitative estimate of drug-likeness (QED) is 0.689. The Hall–Kier alpha value is -3.09. The van der Waals surface area contributed by atoms with Crippen molar-refractivity contribution in [2.75, 3.05) is 17.2 Å². The number of rotatable bonds is 7. The Morgan fingerprint density at radius 1 is 0.840 bits per heavy atom. The van der Waals surface area contributed by atoms with Gasteiger partial charge in [-0.1, -0.05) is 36.4 Å². The van der Waals surface area contributed by atoms with E-state index in [1.54, 1.807) is 36.4 Å². The van der Waals surface area contributed by atoms with E-state index in [4.69, 9.17) is 0 Å². The van der Waals surface area contributed by atoms with Crippen LogP contribution in [-0.4, -0.2) is 21.7 Å². The summed E-state index contributed by atoms with van der Waals surface area (Å²) < 4.78 is 27.2. The van der Waals surface area contributed by atoms with Gasteiger partial charge in [-0.05, 0) is 24.1 Å². The average Bonchev–Trinajstić information content (AvgIpc) is 2.63. The second-order valence-corrected chi connectivity index (χ2v) is 5.38. The van der Waals surface area contributed by atoms with Crippen LogP contribution < -0.4 is 10.6 Å². The van der Waals surface area contributed by atoms with Gasteiger partial charge < -0.3 is 10.6 Å².